The molecule has 0 bridgehead atoms. The second-order valence-corrected chi connectivity index (χ2v) is 13.3. The Kier molecular flexibility index (Phi) is 7.51. The number of nitrogens with one attached hydrogen (secondary N) is 1. The molecule has 1 spiro atoms. The molecule has 0 radical (unpaired) electrons. The molecule has 0 unspecified atom stereocenters. The van der Waals surface area contributed by atoms with Gasteiger partial charge in [0.2, 0.25) is 5.95 Å². The van der Waals surface area contributed by atoms with Crippen LogP contribution in [0.15, 0.2) is 37.1 Å². The van der Waals surface area contributed by atoms with Crippen LogP contribution in [0.1, 0.15) is 32.3 Å². The molecule has 232 valence electrons. The van der Waals surface area contributed by atoms with Gasteiger partial charge >= 0.3 is 0 Å². The summed E-state index contributed by atoms with van der Waals surface area (Å²) >= 11 is 7.00. The second-order valence-electron chi connectivity index (χ2n) is 12.9. The smallest absolute Gasteiger partial charge is 0.228 e. The minimum absolute atomic E-state index is 0.108. The summed E-state index contributed by atoms with van der Waals surface area (Å²) in [7, 11) is 2.20. The Morgan fingerprint density at radius 2 is 1.98 bits per heavy atom. The molecule has 44 heavy (non-hydrogen) atoms. The van der Waals surface area contributed by atoms with E-state index in [-0.39, 0.29) is 17.6 Å². The van der Waals surface area contributed by atoms with E-state index in [4.69, 9.17) is 26.3 Å². The number of H-pyrrole nitrogens is 1. The number of likely N-dealkylation sites (N-methyl/N-ethyl adjacent to an activating group) is 1. The van der Waals surface area contributed by atoms with Crippen molar-refractivity contribution in [2.24, 2.45) is 0 Å². The van der Waals surface area contributed by atoms with Gasteiger partial charge in [0.15, 0.2) is 5.82 Å². The number of piperazine rings is 1. The molecule has 2 atom stereocenters. The van der Waals surface area contributed by atoms with Crippen LogP contribution in [0.5, 0.6) is 0 Å². The maximum Gasteiger partial charge on any atom is 0.228 e. The van der Waals surface area contributed by atoms with Crippen LogP contribution in [0, 0.1) is 12.7 Å². The van der Waals surface area contributed by atoms with Crippen LogP contribution in [-0.2, 0) is 4.74 Å². The average molecular weight is 619 g/mol. The molecule has 2 aromatic carbocycles. The Hall–Kier alpha value is -3.31. The zero-order valence-electron chi connectivity index (χ0n) is 25.9. The summed E-state index contributed by atoms with van der Waals surface area (Å²) < 4.78 is 22.8. The van der Waals surface area contributed by atoms with Gasteiger partial charge in [-0.05, 0) is 64.9 Å². The van der Waals surface area contributed by atoms with Crippen LogP contribution >= 0.6 is 11.6 Å². The Labute approximate surface area is 262 Å². The van der Waals surface area contributed by atoms with Gasteiger partial charge in [-0.25, -0.2) is 9.37 Å². The van der Waals surface area contributed by atoms with Crippen LogP contribution in [0.2, 0.25) is 5.02 Å². The molecule has 0 saturated carbocycles. The number of ether oxygens (including phenoxy) is 1. The van der Waals surface area contributed by atoms with E-state index in [2.05, 4.69) is 57.3 Å². The highest BCUT2D eigenvalue weighted by Crippen LogP contribution is 2.44. The van der Waals surface area contributed by atoms with Crippen LogP contribution in [0.25, 0.3) is 32.9 Å². The van der Waals surface area contributed by atoms with Crippen molar-refractivity contribution in [1.82, 2.24) is 30.0 Å². The van der Waals surface area contributed by atoms with Crippen molar-refractivity contribution in [3.05, 3.63) is 53.5 Å². The van der Waals surface area contributed by atoms with Crippen molar-refractivity contribution in [3.8, 4) is 11.1 Å². The van der Waals surface area contributed by atoms with Crippen molar-refractivity contribution in [2.75, 3.05) is 62.9 Å². The molecule has 3 fully saturated rings. The highest BCUT2D eigenvalue weighted by molar-refractivity contribution is 6.35. The van der Waals surface area contributed by atoms with Gasteiger partial charge in [0.25, 0.3) is 0 Å². The number of benzene rings is 2. The lowest BCUT2D eigenvalue weighted by molar-refractivity contribution is 0.00906. The summed E-state index contributed by atoms with van der Waals surface area (Å²) in [6, 6.07) is 6.08. The largest absolute Gasteiger partial charge is 0.362 e. The third-order valence-electron chi connectivity index (χ3n) is 10.0. The fourth-order valence-corrected chi connectivity index (χ4v) is 7.71. The Bertz CT molecular complexity index is 1740. The molecular weight excluding hydrogens is 579 g/mol. The van der Waals surface area contributed by atoms with Gasteiger partial charge in [0, 0.05) is 60.2 Å². The number of nitrogens with zero attached hydrogens (tertiary/aromatic N) is 7. The molecule has 2 aromatic heterocycles. The third kappa shape index (κ3) is 4.74. The van der Waals surface area contributed by atoms with Crippen molar-refractivity contribution < 1.29 is 9.13 Å². The van der Waals surface area contributed by atoms with E-state index in [1.807, 2.05) is 25.1 Å². The number of aryl methyl sites for hydroxylation is 1. The highest BCUT2D eigenvalue weighted by Gasteiger charge is 2.49. The molecule has 3 aliphatic heterocycles. The lowest BCUT2D eigenvalue weighted by atomic mass is 9.87. The lowest BCUT2D eigenvalue weighted by Crippen LogP contribution is -2.67. The first-order valence-electron chi connectivity index (χ1n) is 15.5. The fraction of sp³-hybridized carbons (Fsp3) is 0.485. The molecule has 9 nitrogen and oxygen atoms in total. The Morgan fingerprint density at radius 3 is 2.73 bits per heavy atom. The molecule has 7 rings (SSSR count). The van der Waals surface area contributed by atoms with Gasteiger partial charge in [0.1, 0.15) is 11.3 Å². The SMILES string of the molecule is C=CCOCN1C[C@H](C)N(c2nc(N3CC4(CCCN4C)C3)nc3c(F)c(-c4c(C)ccc5[nH]ncc45)c(Cl)cc23)C[C@H]1C. The lowest BCUT2D eigenvalue weighted by Gasteiger charge is -2.52. The molecule has 5 heterocycles. The van der Waals surface area contributed by atoms with Crippen molar-refractivity contribution in [2.45, 2.75) is 51.2 Å². The molecule has 11 heteroatoms. The predicted octanol–water partition coefficient (Wildman–Crippen LogP) is 5.62. The Morgan fingerprint density at radius 1 is 1.16 bits per heavy atom. The second kappa shape index (κ2) is 11.2. The zero-order valence-corrected chi connectivity index (χ0v) is 26.7. The molecule has 1 N–H and O–H groups in total. The number of hydrogen-bond donors (Lipinski definition) is 1. The van der Waals surface area contributed by atoms with E-state index >= 15 is 4.39 Å². The summed E-state index contributed by atoms with van der Waals surface area (Å²) in [6.45, 7) is 15.4. The average Bonchev–Trinajstić information content (AvgIpc) is 3.61. The maximum atomic E-state index is 17.0. The van der Waals surface area contributed by atoms with Crippen LogP contribution in [0.4, 0.5) is 16.2 Å². The Balaban J connectivity index is 1.35. The van der Waals surface area contributed by atoms with Crippen LogP contribution in [0.3, 0.4) is 0 Å². The molecule has 3 aliphatic rings. The minimum atomic E-state index is -0.431. The summed E-state index contributed by atoms with van der Waals surface area (Å²) in [5.41, 5.74) is 3.26. The van der Waals surface area contributed by atoms with E-state index in [0.29, 0.717) is 47.3 Å². The van der Waals surface area contributed by atoms with Crippen LogP contribution in [-0.4, -0.2) is 101 Å². The summed E-state index contributed by atoms with van der Waals surface area (Å²) in [5, 5.41) is 9.00. The minimum Gasteiger partial charge on any atom is -0.362 e. The predicted molar refractivity (Wildman–Crippen MR) is 175 cm³/mol. The first-order chi connectivity index (χ1) is 21.2. The topological polar surface area (TPSA) is 76.7 Å². The molecule has 0 aliphatic carbocycles. The van der Waals surface area contributed by atoms with E-state index in [0.717, 1.165) is 60.4 Å². The third-order valence-corrected chi connectivity index (χ3v) is 10.3. The first kappa shape index (κ1) is 29.4. The standard InChI is InChI=1S/C33H40ClFN8O/c1-6-12-44-19-41-15-22(4)43(16-21(41)3)31-23-13-25(34)28(27-20(2)8-9-26-24(27)14-36-39-26)29(35)30(23)37-32(38-31)42-17-33(18-42)10-7-11-40(33)5/h6,8-9,13-14,21-22H,1,7,10-12,15-19H2,2-5H3,(H,36,39)/t21-,22+/m1/s1. The number of halogens is 2. The van der Waals surface area contributed by atoms with Gasteiger partial charge in [-0.15, -0.1) is 6.58 Å². The van der Waals surface area contributed by atoms with Gasteiger partial charge in [-0.3, -0.25) is 14.9 Å². The maximum absolute atomic E-state index is 17.0. The quantitative estimate of drug-likeness (QED) is 0.211. The number of likely N-dealkylation sites (tertiary alicyclic amines) is 1. The molecule has 0 amide bonds. The van der Waals surface area contributed by atoms with Crippen molar-refractivity contribution in [1.29, 1.82) is 0 Å². The van der Waals surface area contributed by atoms with Gasteiger partial charge in [-0.2, -0.15) is 10.1 Å². The van der Waals surface area contributed by atoms with Crippen LogP contribution < -0.4 is 9.80 Å². The number of anilines is 2. The number of rotatable bonds is 7. The molecular formula is C33H40ClFN8O. The molecule has 4 aromatic rings. The first-order valence-corrected chi connectivity index (χ1v) is 15.9. The number of fused-ring (bicyclic) bond motifs is 2. The highest BCUT2D eigenvalue weighted by atomic mass is 35.5. The summed E-state index contributed by atoms with van der Waals surface area (Å²) in [6.07, 6.45) is 5.85. The van der Waals surface area contributed by atoms with Crippen molar-refractivity contribution in [3.63, 3.8) is 0 Å². The monoisotopic (exact) mass is 618 g/mol. The molecule has 3 saturated heterocycles. The summed E-state index contributed by atoms with van der Waals surface area (Å²) in [4.78, 5) is 19.4. The summed E-state index contributed by atoms with van der Waals surface area (Å²) in [5.74, 6) is 0.863. The van der Waals surface area contributed by atoms with Gasteiger partial charge in [0.05, 0.1) is 35.6 Å². The van der Waals surface area contributed by atoms with E-state index < -0.39 is 5.82 Å². The number of aromatic nitrogens is 4. The van der Waals surface area contributed by atoms with Gasteiger partial charge in [-0.1, -0.05) is 23.7 Å². The van der Waals surface area contributed by atoms with Crippen molar-refractivity contribution >= 4 is 45.2 Å². The van der Waals surface area contributed by atoms with E-state index in [1.165, 1.54) is 6.42 Å². The normalized spacial score (nSPS) is 22.4. The van der Waals surface area contributed by atoms with Gasteiger partial charge < -0.3 is 14.5 Å². The zero-order chi connectivity index (χ0) is 30.7. The number of hydrogen-bond acceptors (Lipinski definition) is 8. The van der Waals surface area contributed by atoms with E-state index in [9.17, 15) is 0 Å². The number of aromatic amines is 1. The van der Waals surface area contributed by atoms with E-state index in [1.54, 1.807) is 12.3 Å². The fourth-order valence-electron chi connectivity index (χ4n) is 7.42.